The Balaban J connectivity index is 1.98. The molecule has 0 saturated carbocycles. The Morgan fingerprint density at radius 3 is 2.59 bits per heavy atom. The van der Waals surface area contributed by atoms with Gasteiger partial charge >= 0.3 is 11.9 Å². The molecule has 1 N–H and O–H groups in total. The van der Waals surface area contributed by atoms with Crippen molar-refractivity contribution in [3.05, 3.63) is 30.1 Å². The minimum atomic E-state index is -0.970. The molecule has 146 valence electrons. The van der Waals surface area contributed by atoms with Crippen LogP contribution in [-0.2, 0) is 19.1 Å². The van der Waals surface area contributed by atoms with Gasteiger partial charge in [0.05, 0.1) is 19.8 Å². The summed E-state index contributed by atoms with van der Waals surface area (Å²) in [4.78, 5) is 29.6. The predicted octanol–water partition coefficient (Wildman–Crippen LogP) is 1.33. The number of nitrogens with zero attached hydrogens (tertiary/aromatic N) is 1. The van der Waals surface area contributed by atoms with Crippen molar-refractivity contribution in [3.63, 3.8) is 0 Å². The Morgan fingerprint density at radius 1 is 1.22 bits per heavy atom. The maximum atomic E-state index is 12.0. The highest BCUT2D eigenvalue weighted by Gasteiger charge is 2.29. The van der Waals surface area contributed by atoms with E-state index in [1.165, 1.54) is 23.3 Å². The van der Waals surface area contributed by atoms with Crippen molar-refractivity contribution in [1.82, 2.24) is 4.98 Å². The number of ether oxygens (including phenoxy) is 2. The largest absolute Gasteiger partial charge is 0.465 e. The summed E-state index contributed by atoms with van der Waals surface area (Å²) in [5, 5.41) is 0. The van der Waals surface area contributed by atoms with E-state index in [1.54, 1.807) is 20.0 Å². The molecule has 0 radical (unpaired) electrons. The smallest absolute Gasteiger partial charge is 0.321 e. The van der Waals surface area contributed by atoms with Gasteiger partial charge in [-0.2, -0.15) is 0 Å². The van der Waals surface area contributed by atoms with Crippen molar-refractivity contribution in [1.29, 1.82) is 0 Å². The molecule has 2 heterocycles. The lowest BCUT2D eigenvalue weighted by Gasteiger charge is -2.31. The van der Waals surface area contributed by atoms with E-state index in [1.807, 2.05) is 12.3 Å². The Labute approximate surface area is 161 Å². The van der Waals surface area contributed by atoms with Gasteiger partial charge in [-0.25, -0.2) is 0 Å². The number of hydrogen-bond acceptors (Lipinski definition) is 5. The summed E-state index contributed by atoms with van der Waals surface area (Å²) in [6.07, 6.45) is 7.36. The number of carbonyl (C=O) groups is 2. The molecule has 1 unspecified atom stereocenters. The molecule has 0 bridgehead atoms. The van der Waals surface area contributed by atoms with Gasteiger partial charge in [-0.15, -0.1) is 0 Å². The van der Waals surface area contributed by atoms with Crippen LogP contribution in [0.1, 0.15) is 51.1 Å². The highest BCUT2D eigenvalue weighted by Crippen LogP contribution is 2.18. The molecule has 1 aromatic rings. The lowest BCUT2D eigenvalue weighted by atomic mass is 9.96. The fraction of sp³-hybridized carbons (Fsp3) is 0.571. The van der Waals surface area contributed by atoms with Gasteiger partial charge in [0.1, 0.15) is 12.6 Å². The number of rotatable bonds is 7. The van der Waals surface area contributed by atoms with Crippen LogP contribution in [-0.4, -0.2) is 43.2 Å². The van der Waals surface area contributed by atoms with Crippen LogP contribution in [0.3, 0.4) is 0 Å². The summed E-state index contributed by atoms with van der Waals surface area (Å²) in [5.41, 5.74) is 1.24. The zero-order valence-corrected chi connectivity index (χ0v) is 16.2. The molecule has 1 aromatic heterocycles. The molecule has 2 rings (SSSR count). The number of esters is 2. The van der Waals surface area contributed by atoms with Gasteiger partial charge in [0, 0.05) is 30.8 Å². The number of carbonyl (C=O) groups excluding carboxylic acids is 2. The molecule has 6 nitrogen and oxygen atoms in total. The summed E-state index contributed by atoms with van der Waals surface area (Å²) in [6.45, 7) is 5.62. The highest BCUT2D eigenvalue weighted by molar-refractivity contribution is 5.95. The first-order chi connectivity index (χ1) is 13.2. The van der Waals surface area contributed by atoms with Gasteiger partial charge in [0.25, 0.3) is 0 Å². The fourth-order valence-corrected chi connectivity index (χ4v) is 3.37. The molecular formula is C21H29N2O4+. The van der Waals surface area contributed by atoms with Crippen molar-refractivity contribution >= 4 is 11.9 Å². The number of likely N-dealkylation sites (tertiary alicyclic amines) is 1. The number of nitrogens with one attached hydrogen (secondary N) is 1. The molecule has 1 aliphatic rings. The van der Waals surface area contributed by atoms with E-state index in [2.05, 4.69) is 22.9 Å². The molecule has 6 heteroatoms. The van der Waals surface area contributed by atoms with Crippen molar-refractivity contribution in [3.8, 4) is 11.8 Å². The minimum absolute atomic E-state index is 0.127. The third-order valence-electron chi connectivity index (χ3n) is 4.71. The molecule has 2 atom stereocenters. The summed E-state index contributed by atoms with van der Waals surface area (Å²) < 4.78 is 9.95. The first kappa shape index (κ1) is 20.9. The standard InChI is InChI=1S/C21H28N2O4/c1-3-26-20(24)18(21(25)27-4-2)11-5-7-14-23-15-8-6-12-19(23)17-10-9-13-22-16-17/h9-10,13,16,18-19H,3-4,6,8,11-12,14-15H2,1-2H3/p+1/t19-/m1/s1. The summed E-state index contributed by atoms with van der Waals surface area (Å²) in [6, 6.07) is 4.48. The lowest BCUT2D eigenvalue weighted by molar-refractivity contribution is -0.930. The SMILES string of the molecule is CCOC(=O)C(CC#CC[NH+]1CCCC[C@@H]1c1cccnc1)C(=O)OCC. The van der Waals surface area contributed by atoms with Crippen molar-refractivity contribution in [2.24, 2.45) is 5.92 Å². The van der Waals surface area contributed by atoms with Gasteiger partial charge in [-0.3, -0.25) is 14.6 Å². The van der Waals surface area contributed by atoms with Crippen LogP contribution in [0.4, 0.5) is 0 Å². The Bertz CT molecular complexity index is 648. The van der Waals surface area contributed by atoms with Crippen LogP contribution in [0.2, 0.25) is 0 Å². The molecule has 0 spiro atoms. The third-order valence-corrected chi connectivity index (χ3v) is 4.71. The molecule has 0 aromatic carbocycles. The fourth-order valence-electron chi connectivity index (χ4n) is 3.37. The third kappa shape index (κ3) is 6.37. The maximum absolute atomic E-state index is 12.0. The van der Waals surface area contributed by atoms with E-state index in [9.17, 15) is 9.59 Å². The van der Waals surface area contributed by atoms with Crippen LogP contribution in [0.15, 0.2) is 24.5 Å². The normalized spacial score (nSPS) is 19.1. The summed E-state index contributed by atoms with van der Waals surface area (Å²) in [5.74, 6) is 4.05. The first-order valence-corrected chi connectivity index (χ1v) is 9.70. The van der Waals surface area contributed by atoms with Crippen molar-refractivity contribution in [2.75, 3.05) is 26.3 Å². The topological polar surface area (TPSA) is 69.9 Å². The van der Waals surface area contributed by atoms with E-state index in [4.69, 9.17) is 9.47 Å². The van der Waals surface area contributed by atoms with Gasteiger partial charge < -0.3 is 14.4 Å². The van der Waals surface area contributed by atoms with Crippen molar-refractivity contribution < 1.29 is 24.0 Å². The van der Waals surface area contributed by atoms with E-state index in [-0.39, 0.29) is 19.6 Å². The zero-order chi connectivity index (χ0) is 19.5. The highest BCUT2D eigenvalue weighted by atomic mass is 16.6. The monoisotopic (exact) mass is 373 g/mol. The van der Waals surface area contributed by atoms with E-state index >= 15 is 0 Å². The molecule has 0 amide bonds. The van der Waals surface area contributed by atoms with Crippen LogP contribution in [0, 0.1) is 17.8 Å². The number of hydrogen-bond donors (Lipinski definition) is 1. The lowest BCUT2D eigenvalue weighted by Crippen LogP contribution is -3.13. The second-order valence-electron chi connectivity index (χ2n) is 6.53. The van der Waals surface area contributed by atoms with E-state index < -0.39 is 17.9 Å². The molecule has 0 aliphatic carbocycles. The van der Waals surface area contributed by atoms with Gasteiger partial charge in [0.15, 0.2) is 5.92 Å². The molecule has 27 heavy (non-hydrogen) atoms. The summed E-state index contributed by atoms with van der Waals surface area (Å²) >= 11 is 0. The van der Waals surface area contributed by atoms with E-state index in [0.717, 1.165) is 13.0 Å². The second-order valence-corrected chi connectivity index (χ2v) is 6.53. The number of piperidine rings is 1. The average Bonchev–Trinajstić information content (AvgIpc) is 2.69. The van der Waals surface area contributed by atoms with Gasteiger partial charge in [0.2, 0.25) is 0 Å². The maximum Gasteiger partial charge on any atom is 0.321 e. The predicted molar refractivity (Wildman–Crippen MR) is 101 cm³/mol. The molecular weight excluding hydrogens is 344 g/mol. The Hall–Kier alpha value is -2.39. The second kappa shape index (κ2) is 11.3. The zero-order valence-electron chi connectivity index (χ0n) is 16.2. The quantitative estimate of drug-likeness (QED) is 0.444. The number of quaternary nitrogens is 1. The number of pyridine rings is 1. The van der Waals surface area contributed by atoms with Gasteiger partial charge in [-0.1, -0.05) is 12.0 Å². The van der Waals surface area contributed by atoms with Gasteiger partial charge in [-0.05, 0) is 38.7 Å². The summed E-state index contributed by atoms with van der Waals surface area (Å²) in [7, 11) is 0. The first-order valence-electron chi connectivity index (χ1n) is 9.70. The van der Waals surface area contributed by atoms with Crippen LogP contribution in [0.25, 0.3) is 0 Å². The van der Waals surface area contributed by atoms with Crippen LogP contribution in [0.5, 0.6) is 0 Å². The van der Waals surface area contributed by atoms with E-state index in [0.29, 0.717) is 12.6 Å². The average molecular weight is 373 g/mol. The van der Waals surface area contributed by atoms with Crippen LogP contribution < -0.4 is 4.90 Å². The minimum Gasteiger partial charge on any atom is -0.465 e. The van der Waals surface area contributed by atoms with Crippen molar-refractivity contribution in [2.45, 2.75) is 45.6 Å². The molecule has 1 saturated heterocycles. The molecule has 1 fully saturated rings. The van der Waals surface area contributed by atoms with Crippen LogP contribution >= 0.6 is 0 Å². The molecule has 1 aliphatic heterocycles. The number of aromatic nitrogens is 1. The Morgan fingerprint density at radius 2 is 1.96 bits per heavy atom. The Kier molecular flexibility index (Phi) is 8.79.